The van der Waals surface area contributed by atoms with Crippen LogP contribution >= 0.6 is 35.0 Å². The van der Waals surface area contributed by atoms with E-state index in [4.69, 9.17) is 29.0 Å². The molecule has 1 atom stereocenters. The van der Waals surface area contributed by atoms with Gasteiger partial charge in [0.15, 0.2) is 0 Å². The zero-order valence-corrected chi connectivity index (χ0v) is 13.2. The zero-order valence-electron chi connectivity index (χ0n) is 10.9. The molecule has 106 valence electrons. The van der Waals surface area contributed by atoms with Gasteiger partial charge in [0.25, 0.3) is 0 Å². The van der Waals surface area contributed by atoms with Crippen LogP contribution < -0.4 is 11.3 Å². The molecule has 0 radical (unpaired) electrons. The molecule has 1 unspecified atom stereocenters. The van der Waals surface area contributed by atoms with Gasteiger partial charge in [0, 0.05) is 11.0 Å². The Balaban J connectivity index is 1.93. The van der Waals surface area contributed by atoms with E-state index < -0.39 is 0 Å². The van der Waals surface area contributed by atoms with Crippen molar-refractivity contribution in [3.8, 4) is 0 Å². The van der Waals surface area contributed by atoms with E-state index in [1.54, 1.807) is 0 Å². The number of hydrogen-bond donors (Lipinski definition) is 2. The molecule has 1 aromatic carbocycles. The Hall–Kier alpha value is 0.0700. The topological polar surface area (TPSA) is 38.0 Å². The summed E-state index contributed by atoms with van der Waals surface area (Å²) in [6.07, 6.45) is 6.80. The number of halogens is 2. The summed E-state index contributed by atoms with van der Waals surface area (Å²) < 4.78 is 0. The standard InChI is InChI=1S/C14H20Cl2N2S/c15-12-7-6-10(8-13(12)16)14(18-17)9-19-11-4-2-1-3-5-11/h6-8,11,14,18H,1-5,9,17H2. The van der Waals surface area contributed by atoms with Gasteiger partial charge >= 0.3 is 0 Å². The maximum atomic E-state index is 6.06. The van der Waals surface area contributed by atoms with Gasteiger partial charge in [0.1, 0.15) is 0 Å². The first-order chi connectivity index (χ1) is 9.20. The number of benzene rings is 1. The largest absolute Gasteiger partial charge is 0.271 e. The SMILES string of the molecule is NNC(CSC1CCCCC1)c1ccc(Cl)c(Cl)c1. The highest BCUT2D eigenvalue weighted by molar-refractivity contribution is 7.99. The van der Waals surface area contributed by atoms with Gasteiger partial charge in [-0.2, -0.15) is 11.8 Å². The number of thioether (sulfide) groups is 1. The smallest absolute Gasteiger partial charge is 0.0595 e. The Morgan fingerprint density at radius 3 is 2.58 bits per heavy atom. The van der Waals surface area contributed by atoms with E-state index in [-0.39, 0.29) is 6.04 Å². The molecular weight excluding hydrogens is 299 g/mol. The van der Waals surface area contributed by atoms with Gasteiger partial charge in [-0.15, -0.1) is 0 Å². The molecule has 0 aliphatic heterocycles. The average molecular weight is 319 g/mol. The van der Waals surface area contributed by atoms with Crippen LogP contribution in [0.4, 0.5) is 0 Å². The Morgan fingerprint density at radius 1 is 1.21 bits per heavy atom. The molecule has 1 aromatic rings. The fourth-order valence-electron chi connectivity index (χ4n) is 2.43. The molecule has 2 nitrogen and oxygen atoms in total. The van der Waals surface area contributed by atoms with Crippen LogP contribution in [0.2, 0.25) is 10.0 Å². The fourth-order valence-corrected chi connectivity index (χ4v) is 4.16. The summed E-state index contributed by atoms with van der Waals surface area (Å²) in [6, 6.07) is 5.84. The van der Waals surface area contributed by atoms with Crippen molar-refractivity contribution in [2.45, 2.75) is 43.4 Å². The van der Waals surface area contributed by atoms with E-state index in [9.17, 15) is 0 Å². The Morgan fingerprint density at radius 2 is 1.95 bits per heavy atom. The third kappa shape index (κ3) is 4.54. The van der Waals surface area contributed by atoms with Crippen molar-refractivity contribution in [2.24, 2.45) is 5.84 Å². The predicted molar refractivity (Wildman–Crippen MR) is 85.9 cm³/mol. The van der Waals surface area contributed by atoms with Crippen molar-refractivity contribution in [1.82, 2.24) is 5.43 Å². The zero-order chi connectivity index (χ0) is 13.7. The normalized spacial score (nSPS) is 18.5. The van der Waals surface area contributed by atoms with Crippen molar-refractivity contribution in [3.63, 3.8) is 0 Å². The molecule has 5 heteroatoms. The minimum Gasteiger partial charge on any atom is -0.271 e. The van der Waals surface area contributed by atoms with Crippen molar-refractivity contribution < 1.29 is 0 Å². The van der Waals surface area contributed by atoms with Crippen LogP contribution in [0, 0.1) is 0 Å². The summed E-state index contributed by atoms with van der Waals surface area (Å²) in [5, 5.41) is 1.95. The van der Waals surface area contributed by atoms with Crippen LogP contribution in [0.3, 0.4) is 0 Å². The van der Waals surface area contributed by atoms with Crippen molar-refractivity contribution in [2.75, 3.05) is 5.75 Å². The first-order valence-corrected chi connectivity index (χ1v) is 8.54. The van der Waals surface area contributed by atoms with Crippen LogP contribution in [0.1, 0.15) is 43.7 Å². The van der Waals surface area contributed by atoms with Crippen molar-refractivity contribution in [1.29, 1.82) is 0 Å². The van der Waals surface area contributed by atoms with E-state index in [1.807, 2.05) is 30.0 Å². The highest BCUT2D eigenvalue weighted by Gasteiger charge is 2.17. The predicted octanol–water partition coefficient (Wildman–Crippen LogP) is 4.56. The summed E-state index contributed by atoms with van der Waals surface area (Å²) in [5.74, 6) is 6.64. The molecule has 1 aliphatic rings. The molecule has 0 spiro atoms. The van der Waals surface area contributed by atoms with Gasteiger partial charge in [0.05, 0.1) is 16.1 Å². The van der Waals surface area contributed by atoms with Gasteiger partial charge in [-0.05, 0) is 30.5 Å². The lowest BCUT2D eigenvalue weighted by Gasteiger charge is -2.24. The number of hydrazine groups is 1. The van der Waals surface area contributed by atoms with Gasteiger partial charge in [-0.3, -0.25) is 11.3 Å². The Labute approximate surface area is 129 Å². The molecule has 1 saturated carbocycles. The Bertz CT molecular complexity index is 408. The van der Waals surface area contributed by atoms with Gasteiger partial charge in [-0.1, -0.05) is 48.5 Å². The van der Waals surface area contributed by atoms with Crippen LogP contribution in [0.5, 0.6) is 0 Å². The molecule has 3 N–H and O–H groups in total. The molecule has 19 heavy (non-hydrogen) atoms. The van der Waals surface area contributed by atoms with Crippen LogP contribution in [0.25, 0.3) is 0 Å². The second-order valence-electron chi connectivity index (χ2n) is 4.99. The molecule has 0 heterocycles. The van der Waals surface area contributed by atoms with Crippen LogP contribution in [0.15, 0.2) is 18.2 Å². The summed E-state index contributed by atoms with van der Waals surface area (Å²) in [6.45, 7) is 0. The van der Waals surface area contributed by atoms with E-state index in [0.29, 0.717) is 10.0 Å². The van der Waals surface area contributed by atoms with Crippen molar-refractivity contribution in [3.05, 3.63) is 33.8 Å². The van der Waals surface area contributed by atoms with Crippen LogP contribution in [-0.2, 0) is 0 Å². The summed E-state index contributed by atoms with van der Waals surface area (Å²) in [5.41, 5.74) is 3.98. The minimum absolute atomic E-state index is 0.127. The molecule has 1 fully saturated rings. The maximum absolute atomic E-state index is 6.06. The number of nitrogens with one attached hydrogen (secondary N) is 1. The molecule has 0 saturated heterocycles. The van der Waals surface area contributed by atoms with E-state index in [1.165, 1.54) is 32.1 Å². The summed E-state index contributed by atoms with van der Waals surface area (Å²) >= 11 is 14.0. The molecule has 2 rings (SSSR count). The van der Waals surface area contributed by atoms with Crippen molar-refractivity contribution >= 4 is 35.0 Å². The fraction of sp³-hybridized carbons (Fsp3) is 0.571. The molecule has 0 amide bonds. The number of hydrogen-bond acceptors (Lipinski definition) is 3. The highest BCUT2D eigenvalue weighted by Crippen LogP contribution is 2.32. The van der Waals surface area contributed by atoms with Gasteiger partial charge < -0.3 is 0 Å². The lowest BCUT2D eigenvalue weighted by molar-refractivity contribution is 0.514. The minimum atomic E-state index is 0.127. The van der Waals surface area contributed by atoms with E-state index >= 15 is 0 Å². The van der Waals surface area contributed by atoms with E-state index in [0.717, 1.165) is 16.6 Å². The summed E-state index contributed by atoms with van der Waals surface area (Å²) in [4.78, 5) is 0. The second-order valence-corrected chi connectivity index (χ2v) is 7.13. The monoisotopic (exact) mass is 318 g/mol. The number of nitrogens with two attached hydrogens (primary N) is 1. The molecular formula is C14H20Cl2N2S. The third-order valence-corrected chi connectivity index (χ3v) is 5.81. The molecule has 1 aliphatic carbocycles. The first-order valence-electron chi connectivity index (χ1n) is 6.73. The lowest BCUT2D eigenvalue weighted by atomic mass is 10.0. The Kier molecular flexibility index (Phi) is 6.30. The summed E-state index contributed by atoms with van der Waals surface area (Å²) in [7, 11) is 0. The maximum Gasteiger partial charge on any atom is 0.0595 e. The average Bonchev–Trinajstić information content (AvgIpc) is 2.44. The quantitative estimate of drug-likeness (QED) is 0.617. The highest BCUT2D eigenvalue weighted by atomic mass is 35.5. The first kappa shape index (κ1) is 15.5. The van der Waals surface area contributed by atoms with Gasteiger partial charge in [0.2, 0.25) is 0 Å². The van der Waals surface area contributed by atoms with E-state index in [2.05, 4.69) is 5.43 Å². The second kappa shape index (κ2) is 7.75. The molecule has 0 aromatic heterocycles. The molecule has 0 bridgehead atoms. The van der Waals surface area contributed by atoms with Gasteiger partial charge in [-0.25, -0.2) is 0 Å². The van der Waals surface area contributed by atoms with Crippen LogP contribution in [-0.4, -0.2) is 11.0 Å². The lowest BCUT2D eigenvalue weighted by Crippen LogP contribution is -2.30. The number of rotatable bonds is 5. The third-order valence-electron chi connectivity index (χ3n) is 3.60.